The van der Waals surface area contributed by atoms with Gasteiger partial charge in [0.05, 0.1) is 17.5 Å². The first kappa shape index (κ1) is 16.6. The molecule has 0 bridgehead atoms. The van der Waals surface area contributed by atoms with Crippen LogP contribution in [0.3, 0.4) is 0 Å². The lowest BCUT2D eigenvalue weighted by Crippen LogP contribution is -2.43. The zero-order valence-corrected chi connectivity index (χ0v) is 14.0. The summed E-state index contributed by atoms with van der Waals surface area (Å²) in [6.45, 7) is 5.24. The second-order valence-electron chi connectivity index (χ2n) is 6.40. The normalized spacial score (nSPS) is 16.4. The van der Waals surface area contributed by atoms with Crippen LogP contribution in [0.4, 0.5) is 0 Å². The maximum atomic E-state index is 12.4. The Morgan fingerprint density at radius 1 is 1.29 bits per heavy atom. The van der Waals surface area contributed by atoms with E-state index in [0.29, 0.717) is 11.1 Å². The minimum atomic E-state index is -0.227. The highest BCUT2D eigenvalue weighted by Gasteiger charge is 2.19. The van der Waals surface area contributed by atoms with E-state index in [-0.39, 0.29) is 23.9 Å². The summed E-state index contributed by atoms with van der Waals surface area (Å²) in [7, 11) is 0. The smallest absolute Gasteiger partial charge is 0.272 e. The molecule has 0 unspecified atom stereocenters. The summed E-state index contributed by atoms with van der Waals surface area (Å²) in [6, 6.07) is 7.41. The number of H-pyrrole nitrogens is 1. The Morgan fingerprint density at radius 3 is 2.71 bits per heavy atom. The molecule has 1 aliphatic rings. The Morgan fingerprint density at radius 2 is 2.00 bits per heavy atom. The maximum Gasteiger partial charge on any atom is 0.272 e. The van der Waals surface area contributed by atoms with Crippen LogP contribution in [-0.4, -0.2) is 46.7 Å². The molecule has 24 heavy (non-hydrogen) atoms. The van der Waals surface area contributed by atoms with Gasteiger partial charge < -0.3 is 10.2 Å². The Balaban J connectivity index is 1.68. The van der Waals surface area contributed by atoms with Crippen LogP contribution in [0.2, 0.25) is 0 Å². The van der Waals surface area contributed by atoms with E-state index in [1.54, 1.807) is 6.07 Å². The van der Waals surface area contributed by atoms with Crippen LogP contribution in [0, 0.1) is 0 Å². The molecule has 1 atom stereocenters. The van der Waals surface area contributed by atoms with Gasteiger partial charge in [-0.2, -0.15) is 5.10 Å². The molecule has 6 heteroatoms. The minimum Gasteiger partial charge on any atom is -0.352 e. The Kier molecular flexibility index (Phi) is 5.25. The van der Waals surface area contributed by atoms with Gasteiger partial charge in [0, 0.05) is 18.0 Å². The van der Waals surface area contributed by atoms with Crippen molar-refractivity contribution in [1.29, 1.82) is 0 Å². The van der Waals surface area contributed by atoms with Crippen molar-refractivity contribution in [3.63, 3.8) is 0 Å². The number of hydrogen-bond donors (Lipinski definition) is 2. The zero-order valence-electron chi connectivity index (χ0n) is 14.0. The van der Waals surface area contributed by atoms with E-state index in [1.807, 2.05) is 18.2 Å². The summed E-state index contributed by atoms with van der Waals surface area (Å²) in [6.07, 6.45) is 3.57. The second kappa shape index (κ2) is 7.57. The Hall–Kier alpha value is -2.21. The van der Waals surface area contributed by atoms with Crippen LogP contribution in [0.25, 0.3) is 10.8 Å². The van der Waals surface area contributed by atoms with Crippen molar-refractivity contribution in [1.82, 2.24) is 20.4 Å². The fourth-order valence-electron chi connectivity index (χ4n) is 3.29. The number of aromatic nitrogens is 2. The van der Waals surface area contributed by atoms with Gasteiger partial charge in [0.2, 0.25) is 5.91 Å². The second-order valence-corrected chi connectivity index (χ2v) is 6.40. The van der Waals surface area contributed by atoms with Crippen LogP contribution < -0.4 is 10.9 Å². The SMILES string of the molecule is CC[C@H](CN1CCCC1)NC(=O)Cc1n[nH]c(=O)c2ccccc12. The maximum absolute atomic E-state index is 12.4. The number of fused-ring (bicyclic) bond motifs is 1. The number of carbonyl (C=O) groups is 1. The third kappa shape index (κ3) is 3.82. The van der Waals surface area contributed by atoms with E-state index in [2.05, 4.69) is 27.3 Å². The average molecular weight is 328 g/mol. The average Bonchev–Trinajstić information content (AvgIpc) is 3.10. The van der Waals surface area contributed by atoms with E-state index >= 15 is 0 Å². The van der Waals surface area contributed by atoms with E-state index in [1.165, 1.54) is 12.8 Å². The standard InChI is InChI=1S/C18H24N4O2/c1-2-13(12-22-9-5-6-10-22)19-17(23)11-16-14-7-3-4-8-15(14)18(24)21-20-16/h3-4,7-8,13H,2,5-6,9-12H2,1H3,(H,19,23)(H,21,24)/t13-/m1/s1. The molecule has 1 aromatic heterocycles. The molecule has 2 aromatic rings. The molecule has 1 aromatic carbocycles. The number of carbonyl (C=O) groups excluding carboxylic acids is 1. The summed E-state index contributed by atoms with van der Waals surface area (Å²) in [5.41, 5.74) is 0.383. The Labute approximate surface area is 141 Å². The van der Waals surface area contributed by atoms with Gasteiger partial charge in [-0.25, -0.2) is 5.10 Å². The predicted molar refractivity (Wildman–Crippen MR) is 94.0 cm³/mol. The summed E-state index contributed by atoms with van der Waals surface area (Å²) in [4.78, 5) is 26.6. The molecular formula is C18H24N4O2. The lowest BCUT2D eigenvalue weighted by atomic mass is 10.1. The van der Waals surface area contributed by atoms with E-state index in [4.69, 9.17) is 0 Å². The summed E-state index contributed by atoms with van der Waals surface area (Å²) >= 11 is 0. The van der Waals surface area contributed by atoms with E-state index < -0.39 is 0 Å². The van der Waals surface area contributed by atoms with Crippen molar-refractivity contribution < 1.29 is 4.79 Å². The molecule has 1 aliphatic heterocycles. The fraction of sp³-hybridized carbons (Fsp3) is 0.500. The van der Waals surface area contributed by atoms with Gasteiger partial charge in [0.15, 0.2) is 0 Å². The minimum absolute atomic E-state index is 0.0502. The van der Waals surface area contributed by atoms with Crippen LogP contribution in [0.1, 0.15) is 31.9 Å². The van der Waals surface area contributed by atoms with Crippen molar-refractivity contribution >= 4 is 16.7 Å². The zero-order chi connectivity index (χ0) is 16.9. The molecule has 3 rings (SSSR count). The third-order valence-electron chi connectivity index (χ3n) is 4.64. The van der Waals surface area contributed by atoms with Crippen molar-refractivity contribution in [2.45, 2.75) is 38.6 Å². The van der Waals surface area contributed by atoms with Crippen LogP contribution in [-0.2, 0) is 11.2 Å². The van der Waals surface area contributed by atoms with Gasteiger partial charge in [0.25, 0.3) is 5.56 Å². The van der Waals surface area contributed by atoms with E-state index in [0.717, 1.165) is 31.4 Å². The van der Waals surface area contributed by atoms with Crippen molar-refractivity contribution in [2.24, 2.45) is 0 Å². The number of rotatable bonds is 6. The molecule has 1 saturated heterocycles. The number of aromatic amines is 1. The summed E-state index contributed by atoms with van der Waals surface area (Å²) in [5, 5.41) is 11.0. The summed E-state index contributed by atoms with van der Waals surface area (Å²) in [5.74, 6) is -0.0502. The fourth-order valence-corrected chi connectivity index (χ4v) is 3.29. The van der Waals surface area contributed by atoms with Crippen molar-refractivity contribution in [3.8, 4) is 0 Å². The molecule has 128 valence electrons. The lowest BCUT2D eigenvalue weighted by Gasteiger charge is -2.23. The number of amides is 1. The highest BCUT2D eigenvalue weighted by atomic mass is 16.1. The molecule has 1 amide bonds. The molecule has 1 fully saturated rings. The third-order valence-corrected chi connectivity index (χ3v) is 4.64. The molecule has 0 radical (unpaired) electrons. The largest absolute Gasteiger partial charge is 0.352 e. The number of nitrogens with one attached hydrogen (secondary N) is 2. The number of likely N-dealkylation sites (tertiary alicyclic amines) is 1. The van der Waals surface area contributed by atoms with E-state index in [9.17, 15) is 9.59 Å². The molecule has 2 N–H and O–H groups in total. The van der Waals surface area contributed by atoms with Gasteiger partial charge in [-0.15, -0.1) is 0 Å². The highest BCUT2D eigenvalue weighted by molar-refractivity contribution is 5.88. The van der Waals surface area contributed by atoms with Crippen LogP contribution in [0.5, 0.6) is 0 Å². The van der Waals surface area contributed by atoms with Gasteiger partial charge >= 0.3 is 0 Å². The molecule has 0 spiro atoms. The van der Waals surface area contributed by atoms with Gasteiger partial charge in [-0.3, -0.25) is 9.59 Å². The first-order chi connectivity index (χ1) is 11.7. The van der Waals surface area contributed by atoms with Crippen molar-refractivity contribution in [2.75, 3.05) is 19.6 Å². The Bertz CT molecular complexity index is 765. The first-order valence-corrected chi connectivity index (χ1v) is 8.65. The number of hydrogen-bond acceptors (Lipinski definition) is 4. The molecule has 2 heterocycles. The topological polar surface area (TPSA) is 78.1 Å². The number of benzene rings is 1. The first-order valence-electron chi connectivity index (χ1n) is 8.65. The molecular weight excluding hydrogens is 304 g/mol. The van der Waals surface area contributed by atoms with Gasteiger partial charge in [-0.05, 0) is 38.4 Å². The molecule has 0 aliphatic carbocycles. The summed E-state index contributed by atoms with van der Waals surface area (Å²) < 4.78 is 0. The molecule has 6 nitrogen and oxygen atoms in total. The monoisotopic (exact) mass is 328 g/mol. The quantitative estimate of drug-likeness (QED) is 0.841. The van der Waals surface area contributed by atoms with Gasteiger partial charge in [-0.1, -0.05) is 25.1 Å². The van der Waals surface area contributed by atoms with Gasteiger partial charge in [0.1, 0.15) is 0 Å². The number of nitrogens with zero attached hydrogens (tertiary/aromatic N) is 2. The van der Waals surface area contributed by atoms with Crippen molar-refractivity contribution in [3.05, 3.63) is 40.3 Å². The van der Waals surface area contributed by atoms with Crippen LogP contribution >= 0.6 is 0 Å². The molecule has 0 saturated carbocycles. The highest BCUT2D eigenvalue weighted by Crippen LogP contribution is 2.13. The predicted octanol–water partition coefficient (Wildman–Crippen LogP) is 1.46. The van der Waals surface area contributed by atoms with Crippen LogP contribution in [0.15, 0.2) is 29.1 Å². The lowest BCUT2D eigenvalue weighted by molar-refractivity contribution is -0.121.